The van der Waals surface area contributed by atoms with E-state index in [1.165, 1.54) is 0 Å². The molecule has 1 heterocycles. The van der Waals surface area contributed by atoms with Gasteiger partial charge in [-0.1, -0.05) is 17.8 Å². The van der Waals surface area contributed by atoms with Gasteiger partial charge in [0.25, 0.3) is 0 Å². The van der Waals surface area contributed by atoms with Crippen LogP contribution in [0, 0.1) is 5.92 Å². The van der Waals surface area contributed by atoms with E-state index in [-0.39, 0.29) is 16.6 Å². The summed E-state index contributed by atoms with van der Waals surface area (Å²) in [5.41, 5.74) is 1.56. The monoisotopic (exact) mass is 233 g/mol. The van der Waals surface area contributed by atoms with E-state index < -0.39 is 0 Å². The normalized spacial score (nSPS) is 16.2. The highest BCUT2D eigenvalue weighted by molar-refractivity contribution is 7.16. The van der Waals surface area contributed by atoms with Gasteiger partial charge in [-0.25, -0.2) is 0 Å². The van der Waals surface area contributed by atoms with Gasteiger partial charge in [0.15, 0.2) is 5.78 Å². The van der Waals surface area contributed by atoms with Crippen molar-refractivity contribution < 1.29 is 4.79 Å². The molecule has 1 fully saturated rings. The molecule has 0 saturated heterocycles. The number of H-pyrrole nitrogens is 1. The Bertz CT molecular complexity index is 607. The summed E-state index contributed by atoms with van der Waals surface area (Å²) in [7, 11) is 0. The van der Waals surface area contributed by atoms with Gasteiger partial charge in [0.05, 0.1) is 10.2 Å². The van der Waals surface area contributed by atoms with Crippen molar-refractivity contribution in [2.75, 3.05) is 0 Å². The lowest BCUT2D eigenvalue weighted by Gasteiger charge is -2.23. The quantitative estimate of drug-likeness (QED) is 0.810. The number of carbonyl (C=O) groups excluding carboxylic acids is 1. The Morgan fingerprint density at radius 1 is 1.38 bits per heavy atom. The molecule has 1 saturated carbocycles. The zero-order valence-corrected chi connectivity index (χ0v) is 9.47. The number of benzene rings is 1. The first-order valence-electron chi connectivity index (χ1n) is 5.41. The number of ketones is 1. The van der Waals surface area contributed by atoms with E-state index in [4.69, 9.17) is 0 Å². The van der Waals surface area contributed by atoms with Crippen LogP contribution in [0.25, 0.3) is 10.2 Å². The first-order chi connectivity index (χ1) is 7.74. The molecule has 0 amide bonds. The van der Waals surface area contributed by atoms with Crippen molar-refractivity contribution in [1.82, 2.24) is 4.98 Å². The van der Waals surface area contributed by atoms with Gasteiger partial charge in [0.1, 0.15) is 0 Å². The number of thiazole rings is 1. The molecule has 0 aliphatic heterocycles. The lowest BCUT2D eigenvalue weighted by molar-refractivity contribution is 0.0855. The third kappa shape index (κ3) is 1.50. The minimum atomic E-state index is -0.0664. The number of Topliss-reactive ketones (excluding diaryl/α,β-unsaturated/α-hetero) is 1. The molecule has 2 aromatic rings. The summed E-state index contributed by atoms with van der Waals surface area (Å²) in [6.45, 7) is 0. The Labute approximate surface area is 96.1 Å². The van der Waals surface area contributed by atoms with Gasteiger partial charge < -0.3 is 4.98 Å². The minimum absolute atomic E-state index is 0.0664. The van der Waals surface area contributed by atoms with Crippen LogP contribution in [-0.4, -0.2) is 10.8 Å². The summed E-state index contributed by atoms with van der Waals surface area (Å²) in [5, 5.41) is 0. The van der Waals surface area contributed by atoms with Crippen molar-refractivity contribution in [2.24, 2.45) is 5.92 Å². The molecule has 1 aliphatic rings. The fourth-order valence-electron chi connectivity index (χ4n) is 2.00. The van der Waals surface area contributed by atoms with Gasteiger partial charge in [0.2, 0.25) is 0 Å². The average Bonchev–Trinajstić information content (AvgIpc) is 2.53. The number of rotatable bonds is 2. The van der Waals surface area contributed by atoms with Crippen LogP contribution in [0.15, 0.2) is 23.0 Å². The first-order valence-corrected chi connectivity index (χ1v) is 6.23. The predicted molar refractivity (Wildman–Crippen MR) is 64.1 cm³/mol. The minimum Gasteiger partial charge on any atom is -0.312 e. The van der Waals surface area contributed by atoms with E-state index in [0.717, 1.165) is 46.4 Å². The Morgan fingerprint density at radius 3 is 2.88 bits per heavy atom. The molecule has 0 spiro atoms. The molecule has 82 valence electrons. The van der Waals surface area contributed by atoms with Gasteiger partial charge in [-0.15, -0.1) is 0 Å². The zero-order valence-electron chi connectivity index (χ0n) is 8.66. The highest BCUT2D eigenvalue weighted by Gasteiger charge is 2.26. The summed E-state index contributed by atoms with van der Waals surface area (Å²) in [6.07, 6.45) is 3.19. The molecule has 1 N–H and O–H groups in total. The maximum absolute atomic E-state index is 12.0. The Balaban J connectivity index is 2.03. The van der Waals surface area contributed by atoms with Crippen LogP contribution in [0.1, 0.15) is 29.6 Å². The fraction of sp³-hybridized carbons (Fsp3) is 0.333. The van der Waals surface area contributed by atoms with Gasteiger partial charge >= 0.3 is 4.87 Å². The molecular weight excluding hydrogens is 222 g/mol. The first kappa shape index (κ1) is 9.78. The molecular formula is C12H11NO2S. The largest absolute Gasteiger partial charge is 0.312 e. The molecule has 0 atom stereocenters. The van der Waals surface area contributed by atoms with Gasteiger partial charge in [-0.3, -0.25) is 9.59 Å². The maximum Gasteiger partial charge on any atom is 0.305 e. The molecule has 3 rings (SSSR count). The van der Waals surface area contributed by atoms with Crippen molar-refractivity contribution in [3.05, 3.63) is 33.4 Å². The zero-order chi connectivity index (χ0) is 11.1. The van der Waals surface area contributed by atoms with E-state index in [0.29, 0.717) is 0 Å². The smallest absolute Gasteiger partial charge is 0.305 e. The van der Waals surface area contributed by atoms with Gasteiger partial charge in [-0.2, -0.15) is 0 Å². The van der Waals surface area contributed by atoms with E-state index in [1.54, 1.807) is 0 Å². The van der Waals surface area contributed by atoms with Crippen LogP contribution >= 0.6 is 11.3 Å². The molecule has 1 aromatic heterocycles. The summed E-state index contributed by atoms with van der Waals surface area (Å²) in [5.74, 6) is 0.446. The van der Waals surface area contributed by atoms with Crippen molar-refractivity contribution in [3.63, 3.8) is 0 Å². The number of hydrogen-bond acceptors (Lipinski definition) is 3. The van der Waals surface area contributed by atoms with Crippen LogP contribution in [0.5, 0.6) is 0 Å². The number of aromatic nitrogens is 1. The van der Waals surface area contributed by atoms with Crippen LogP contribution in [0.2, 0.25) is 0 Å². The summed E-state index contributed by atoms with van der Waals surface area (Å²) in [4.78, 5) is 25.8. The number of nitrogens with one attached hydrogen (secondary N) is 1. The van der Waals surface area contributed by atoms with Crippen molar-refractivity contribution in [2.45, 2.75) is 19.3 Å². The SMILES string of the molecule is O=C(c1ccc2[nH]c(=O)sc2c1)C1CCC1. The Kier molecular flexibility index (Phi) is 2.17. The molecule has 16 heavy (non-hydrogen) atoms. The van der Waals surface area contributed by atoms with E-state index >= 15 is 0 Å². The summed E-state index contributed by atoms with van der Waals surface area (Å²) >= 11 is 1.16. The number of aromatic amines is 1. The van der Waals surface area contributed by atoms with Gasteiger partial charge in [0, 0.05) is 11.5 Å². The lowest BCUT2D eigenvalue weighted by Crippen LogP contribution is -2.21. The highest BCUT2D eigenvalue weighted by Crippen LogP contribution is 2.30. The summed E-state index contributed by atoms with van der Waals surface area (Å²) in [6, 6.07) is 5.46. The maximum atomic E-state index is 12.0. The second kappa shape index (κ2) is 3.56. The van der Waals surface area contributed by atoms with Crippen LogP contribution in [-0.2, 0) is 0 Å². The number of hydrogen-bond donors (Lipinski definition) is 1. The van der Waals surface area contributed by atoms with Crippen molar-refractivity contribution in [1.29, 1.82) is 0 Å². The van der Waals surface area contributed by atoms with Crippen LogP contribution in [0.3, 0.4) is 0 Å². The average molecular weight is 233 g/mol. The molecule has 0 unspecified atom stereocenters. The fourth-order valence-corrected chi connectivity index (χ4v) is 2.78. The van der Waals surface area contributed by atoms with Crippen molar-refractivity contribution in [3.8, 4) is 0 Å². The topological polar surface area (TPSA) is 49.9 Å². The second-order valence-electron chi connectivity index (χ2n) is 4.22. The number of carbonyl (C=O) groups is 1. The third-order valence-electron chi connectivity index (χ3n) is 3.18. The number of fused-ring (bicyclic) bond motifs is 1. The van der Waals surface area contributed by atoms with Crippen LogP contribution in [0.4, 0.5) is 0 Å². The van der Waals surface area contributed by atoms with E-state index in [9.17, 15) is 9.59 Å². The van der Waals surface area contributed by atoms with Crippen molar-refractivity contribution >= 4 is 27.3 Å². The summed E-state index contributed by atoms with van der Waals surface area (Å²) < 4.78 is 0.871. The third-order valence-corrected chi connectivity index (χ3v) is 4.03. The molecule has 0 radical (unpaired) electrons. The van der Waals surface area contributed by atoms with Crippen LogP contribution < -0.4 is 4.87 Å². The Hall–Kier alpha value is -1.42. The van der Waals surface area contributed by atoms with E-state index in [1.807, 2.05) is 18.2 Å². The van der Waals surface area contributed by atoms with Gasteiger partial charge in [-0.05, 0) is 31.0 Å². The lowest BCUT2D eigenvalue weighted by atomic mass is 9.80. The standard InChI is InChI=1S/C12H11NO2S/c14-11(7-2-1-3-7)8-4-5-9-10(6-8)16-12(15)13-9/h4-7H,1-3H2,(H,13,15). The molecule has 1 aromatic carbocycles. The highest BCUT2D eigenvalue weighted by atomic mass is 32.1. The molecule has 4 heteroatoms. The molecule has 3 nitrogen and oxygen atoms in total. The molecule has 1 aliphatic carbocycles. The second-order valence-corrected chi connectivity index (χ2v) is 5.23. The van der Waals surface area contributed by atoms with E-state index in [2.05, 4.69) is 4.98 Å². The predicted octanol–water partition coefficient (Wildman–Crippen LogP) is 2.57. The molecule has 0 bridgehead atoms. The Morgan fingerprint density at radius 2 is 2.19 bits per heavy atom.